The minimum absolute atomic E-state index is 0.0280. The number of carbonyl (C=O) groups is 3. The highest BCUT2D eigenvalue weighted by molar-refractivity contribution is 5.80. The zero-order valence-corrected chi connectivity index (χ0v) is 16.8. The van der Waals surface area contributed by atoms with Crippen molar-refractivity contribution in [3.05, 3.63) is 0 Å². The van der Waals surface area contributed by atoms with Crippen molar-refractivity contribution < 1.29 is 19.5 Å². The summed E-state index contributed by atoms with van der Waals surface area (Å²) in [6.07, 6.45) is 9.43. The van der Waals surface area contributed by atoms with E-state index in [9.17, 15) is 14.4 Å². The lowest BCUT2D eigenvalue weighted by molar-refractivity contribution is -0.143. The molecule has 5 fully saturated rings. The molecular weight excluding hydrogens is 358 g/mol. The Balaban J connectivity index is 1.23. The van der Waals surface area contributed by atoms with Gasteiger partial charge in [-0.1, -0.05) is 6.92 Å². The number of amides is 3. The number of hydrogen-bond donors (Lipinski definition) is 3. The summed E-state index contributed by atoms with van der Waals surface area (Å²) >= 11 is 0. The number of carboxylic acids is 1. The van der Waals surface area contributed by atoms with Crippen LogP contribution < -0.4 is 10.6 Å². The van der Waals surface area contributed by atoms with Crippen LogP contribution in [0.3, 0.4) is 0 Å². The predicted molar refractivity (Wildman–Crippen MR) is 104 cm³/mol. The molecule has 0 heterocycles. The summed E-state index contributed by atoms with van der Waals surface area (Å²) in [4.78, 5) is 37.8. The van der Waals surface area contributed by atoms with E-state index in [-0.39, 0.29) is 36.5 Å². The monoisotopic (exact) mass is 391 g/mol. The van der Waals surface area contributed by atoms with Crippen LogP contribution >= 0.6 is 0 Å². The number of carbonyl (C=O) groups excluding carboxylic acids is 2. The van der Waals surface area contributed by atoms with Crippen LogP contribution in [0.2, 0.25) is 0 Å². The van der Waals surface area contributed by atoms with Crippen molar-refractivity contribution in [1.82, 2.24) is 15.5 Å². The predicted octanol–water partition coefficient (Wildman–Crippen LogP) is 2.36. The van der Waals surface area contributed by atoms with Gasteiger partial charge in [0.15, 0.2) is 0 Å². The average molecular weight is 392 g/mol. The SMILES string of the molecule is CC(CN(C(=O)CCNC(=O)NC12CC3CC(CC(C3)C1)C2)C1CC1)C(=O)O. The molecule has 3 N–H and O–H groups in total. The third kappa shape index (κ3) is 4.28. The fourth-order valence-electron chi connectivity index (χ4n) is 6.19. The van der Waals surface area contributed by atoms with Crippen LogP contribution in [0.25, 0.3) is 0 Å². The molecule has 0 radical (unpaired) electrons. The van der Waals surface area contributed by atoms with E-state index in [0.717, 1.165) is 49.9 Å². The van der Waals surface area contributed by atoms with Crippen molar-refractivity contribution in [2.45, 2.75) is 76.3 Å². The molecule has 0 aromatic carbocycles. The van der Waals surface area contributed by atoms with E-state index in [1.807, 2.05) is 0 Å². The van der Waals surface area contributed by atoms with Gasteiger partial charge < -0.3 is 20.6 Å². The van der Waals surface area contributed by atoms with Gasteiger partial charge in [0.05, 0.1) is 5.92 Å². The highest BCUT2D eigenvalue weighted by Gasteiger charge is 2.51. The van der Waals surface area contributed by atoms with E-state index in [1.54, 1.807) is 11.8 Å². The van der Waals surface area contributed by atoms with E-state index in [0.29, 0.717) is 6.54 Å². The molecule has 7 nitrogen and oxygen atoms in total. The first-order valence-corrected chi connectivity index (χ1v) is 10.9. The Hall–Kier alpha value is -1.79. The van der Waals surface area contributed by atoms with Crippen molar-refractivity contribution >= 4 is 17.9 Å². The van der Waals surface area contributed by atoms with Crippen LogP contribution in [-0.4, -0.2) is 52.6 Å². The molecule has 0 aliphatic heterocycles. The molecule has 5 saturated carbocycles. The zero-order chi connectivity index (χ0) is 19.9. The first-order chi connectivity index (χ1) is 13.3. The van der Waals surface area contributed by atoms with E-state index in [2.05, 4.69) is 10.6 Å². The summed E-state index contributed by atoms with van der Waals surface area (Å²) in [5, 5.41) is 15.2. The van der Waals surface area contributed by atoms with Crippen LogP contribution in [0.5, 0.6) is 0 Å². The van der Waals surface area contributed by atoms with Crippen molar-refractivity contribution in [3.8, 4) is 0 Å². The molecule has 0 aromatic rings. The molecular formula is C21H33N3O4. The summed E-state index contributed by atoms with van der Waals surface area (Å²) in [6.45, 7) is 2.17. The van der Waals surface area contributed by atoms with Gasteiger partial charge in [0.25, 0.3) is 0 Å². The molecule has 1 atom stereocenters. The maximum Gasteiger partial charge on any atom is 0.315 e. The van der Waals surface area contributed by atoms with E-state index < -0.39 is 11.9 Å². The summed E-state index contributed by atoms with van der Waals surface area (Å²) < 4.78 is 0. The quantitative estimate of drug-likeness (QED) is 0.591. The molecule has 28 heavy (non-hydrogen) atoms. The second kappa shape index (κ2) is 7.56. The van der Waals surface area contributed by atoms with Gasteiger partial charge in [-0.2, -0.15) is 0 Å². The molecule has 5 rings (SSSR count). The van der Waals surface area contributed by atoms with Gasteiger partial charge in [-0.05, 0) is 69.1 Å². The van der Waals surface area contributed by atoms with Gasteiger partial charge in [-0.3, -0.25) is 9.59 Å². The second-order valence-corrected chi connectivity index (χ2v) is 9.85. The highest BCUT2D eigenvalue weighted by atomic mass is 16.4. The number of aliphatic carboxylic acids is 1. The molecule has 0 spiro atoms. The lowest BCUT2D eigenvalue weighted by atomic mass is 9.53. The van der Waals surface area contributed by atoms with E-state index in [1.165, 1.54) is 19.3 Å². The lowest BCUT2D eigenvalue weighted by Crippen LogP contribution is -2.61. The van der Waals surface area contributed by atoms with Crippen molar-refractivity contribution in [1.29, 1.82) is 0 Å². The van der Waals surface area contributed by atoms with Gasteiger partial charge in [-0.15, -0.1) is 0 Å². The maximum absolute atomic E-state index is 12.5. The fraction of sp³-hybridized carbons (Fsp3) is 0.857. The zero-order valence-electron chi connectivity index (χ0n) is 16.8. The number of rotatable bonds is 8. The Labute approximate surface area is 166 Å². The number of hydrogen-bond acceptors (Lipinski definition) is 3. The van der Waals surface area contributed by atoms with E-state index >= 15 is 0 Å². The van der Waals surface area contributed by atoms with Gasteiger partial charge in [0.1, 0.15) is 0 Å². The van der Waals surface area contributed by atoms with Gasteiger partial charge in [0, 0.05) is 31.1 Å². The van der Waals surface area contributed by atoms with Crippen molar-refractivity contribution in [2.24, 2.45) is 23.7 Å². The topological polar surface area (TPSA) is 98.7 Å². The number of carboxylic acid groups (broad SMARTS) is 1. The Morgan fingerprint density at radius 1 is 1.07 bits per heavy atom. The minimum Gasteiger partial charge on any atom is -0.481 e. The van der Waals surface area contributed by atoms with Gasteiger partial charge in [0.2, 0.25) is 5.91 Å². The molecule has 156 valence electrons. The van der Waals surface area contributed by atoms with Gasteiger partial charge >= 0.3 is 12.0 Å². The van der Waals surface area contributed by atoms with Crippen molar-refractivity contribution in [2.75, 3.05) is 13.1 Å². The lowest BCUT2D eigenvalue weighted by Gasteiger charge is -2.56. The first-order valence-electron chi connectivity index (χ1n) is 10.9. The molecule has 1 unspecified atom stereocenters. The molecule has 4 bridgehead atoms. The Bertz CT molecular complexity index is 610. The van der Waals surface area contributed by atoms with Gasteiger partial charge in [-0.25, -0.2) is 4.79 Å². The normalized spacial score (nSPS) is 34.0. The number of nitrogens with zero attached hydrogens (tertiary/aromatic N) is 1. The smallest absolute Gasteiger partial charge is 0.315 e. The Morgan fingerprint density at radius 3 is 2.14 bits per heavy atom. The van der Waals surface area contributed by atoms with E-state index in [4.69, 9.17) is 5.11 Å². The summed E-state index contributed by atoms with van der Waals surface area (Å²) in [6, 6.07) is 0.0155. The molecule has 0 aromatic heterocycles. The van der Waals surface area contributed by atoms with Crippen molar-refractivity contribution in [3.63, 3.8) is 0 Å². The first kappa shape index (κ1) is 19.5. The molecule has 7 heteroatoms. The molecule has 5 aliphatic rings. The average Bonchev–Trinajstić information content (AvgIpc) is 3.42. The molecule has 5 aliphatic carbocycles. The Kier molecular flexibility index (Phi) is 5.27. The standard InChI is InChI=1S/C21H33N3O4/c1-13(19(26)27)12-24(17-2-3-17)18(25)4-5-22-20(28)23-21-9-14-6-15(10-21)8-16(7-14)11-21/h13-17H,2-12H2,1H3,(H,26,27)(H2,22,23,28). The van der Waals surface area contributed by atoms with Crippen LogP contribution in [-0.2, 0) is 9.59 Å². The molecule has 0 saturated heterocycles. The fourth-order valence-corrected chi connectivity index (χ4v) is 6.19. The third-order valence-corrected chi connectivity index (χ3v) is 7.24. The number of urea groups is 1. The van der Waals surface area contributed by atoms with Crippen LogP contribution in [0, 0.1) is 23.7 Å². The third-order valence-electron chi connectivity index (χ3n) is 7.24. The summed E-state index contributed by atoms with van der Waals surface area (Å²) in [7, 11) is 0. The maximum atomic E-state index is 12.5. The highest BCUT2D eigenvalue weighted by Crippen LogP contribution is 2.55. The largest absolute Gasteiger partial charge is 0.481 e. The van der Waals surface area contributed by atoms with Crippen LogP contribution in [0.15, 0.2) is 0 Å². The minimum atomic E-state index is -0.883. The Morgan fingerprint density at radius 2 is 1.64 bits per heavy atom. The van der Waals surface area contributed by atoms with Crippen LogP contribution in [0.4, 0.5) is 4.79 Å². The summed E-state index contributed by atoms with van der Waals surface area (Å²) in [5.41, 5.74) is -0.0280. The van der Waals surface area contributed by atoms with Crippen LogP contribution in [0.1, 0.15) is 64.7 Å². The summed E-state index contributed by atoms with van der Waals surface area (Å²) in [5.74, 6) is 0.804. The molecule has 3 amide bonds. The second-order valence-electron chi connectivity index (χ2n) is 9.85. The number of nitrogens with one attached hydrogen (secondary N) is 2.